The molecule has 0 atom stereocenters. The van der Waals surface area contributed by atoms with E-state index >= 15 is 0 Å². The molecule has 0 aliphatic carbocycles. The quantitative estimate of drug-likeness (QED) is 0.588. The van der Waals surface area contributed by atoms with Crippen LogP contribution in [0.4, 0.5) is 0 Å². The van der Waals surface area contributed by atoms with Crippen LogP contribution in [0, 0.1) is 12.3 Å². The summed E-state index contributed by atoms with van der Waals surface area (Å²) in [5.74, 6) is 1.29. The Morgan fingerprint density at radius 1 is 1.60 bits per heavy atom. The number of aromatic carboxylic acids is 1. The SMILES string of the molecule is C#CCCCn1ccc(=O)c(C(=O)O)c1. The van der Waals surface area contributed by atoms with Crippen molar-refractivity contribution in [3.63, 3.8) is 0 Å². The Kier molecular flexibility index (Phi) is 3.69. The molecule has 15 heavy (non-hydrogen) atoms. The van der Waals surface area contributed by atoms with Gasteiger partial charge in [0, 0.05) is 31.4 Å². The molecule has 4 heteroatoms. The number of aryl methyl sites for hydroxylation is 1. The van der Waals surface area contributed by atoms with Crippen molar-refractivity contribution in [2.24, 2.45) is 0 Å². The third-order valence-corrected chi connectivity index (χ3v) is 1.95. The lowest BCUT2D eigenvalue weighted by molar-refractivity contribution is 0.0694. The Balaban J connectivity index is 2.84. The van der Waals surface area contributed by atoms with Gasteiger partial charge in [-0.2, -0.15) is 0 Å². The van der Waals surface area contributed by atoms with E-state index in [9.17, 15) is 9.59 Å². The fourth-order valence-electron chi connectivity index (χ4n) is 1.19. The number of carbonyl (C=O) groups is 1. The Hall–Kier alpha value is -2.02. The molecule has 0 aliphatic heterocycles. The molecule has 0 unspecified atom stereocenters. The van der Waals surface area contributed by atoms with E-state index in [2.05, 4.69) is 5.92 Å². The van der Waals surface area contributed by atoms with E-state index in [0.717, 1.165) is 6.42 Å². The first-order chi connectivity index (χ1) is 7.15. The predicted octanol–water partition coefficient (Wildman–Crippen LogP) is 0.960. The van der Waals surface area contributed by atoms with Gasteiger partial charge in [0.25, 0.3) is 0 Å². The molecule has 0 fully saturated rings. The van der Waals surface area contributed by atoms with Crippen molar-refractivity contribution in [3.05, 3.63) is 34.2 Å². The molecule has 1 aromatic heterocycles. The second-order valence-electron chi connectivity index (χ2n) is 3.07. The van der Waals surface area contributed by atoms with Crippen molar-refractivity contribution in [2.75, 3.05) is 0 Å². The van der Waals surface area contributed by atoms with Crippen LogP contribution in [0.25, 0.3) is 0 Å². The van der Waals surface area contributed by atoms with Crippen molar-refractivity contribution in [2.45, 2.75) is 19.4 Å². The molecule has 1 rings (SSSR count). The average Bonchev–Trinajstić information content (AvgIpc) is 2.20. The summed E-state index contributed by atoms with van der Waals surface area (Å²) in [5, 5.41) is 8.72. The number of terminal acetylenes is 1. The molecule has 0 spiro atoms. The molecule has 0 aromatic carbocycles. The van der Waals surface area contributed by atoms with Gasteiger partial charge in [-0.05, 0) is 6.42 Å². The van der Waals surface area contributed by atoms with E-state index in [0.29, 0.717) is 13.0 Å². The zero-order chi connectivity index (χ0) is 11.3. The number of hydrogen-bond donors (Lipinski definition) is 1. The largest absolute Gasteiger partial charge is 0.477 e. The number of unbranched alkanes of at least 4 members (excludes halogenated alkanes) is 1. The number of carboxylic acid groups (broad SMARTS) is 1. The standard InChI is InChI=1S/C11H11NO3/c1-2-3-4-6-12-7-5-10(13)9(8-12)11(14)15/h1,5,7-8H,3-4,6H2,(H,14,15). The Morgan fingerprint density at radius 2 is 2.33 bits per heavy atom. The normalized spacial score (nSPS) is 9.53. The number of aromatic nitrogens is 1. The molecule has 0 bridgehead atoms. The molecular formula is C11H11NO3. The lowest BCUT2D eigenvalue weighted by Gasteiger charge is -2.05. The Bertz CT molecular complexity index is 454. The zero-order valence-electron chi connectivity index (χ0n) is 8.14. The topological polar surface area (TPSA) is 59.3 Å². The smallest absolute Gasteiger partial charge is 0.341 e. The van der Waals surface area contributed by atoms with E-state index in [-0.39, 0.29) is 5.56 Å². The molecule has 0 amide bonds. The van der Waals surface area contributed by atoms with E-state index in [4.69, 9.17) is 11.5 Å². The highest BCUT2D eigenvalue weighted by Crippen LogP contribution is 1.97. The number of rotatable bonds is 4. The van der Waals surface area contributed by atoms with Gasteiger partial charge in [-0.1, -0.05) is 0 Å². The van der Waals surface area contributed by atoms with Gasteiger partial charge in [0.2, 0.25) is 0 Å². The summed E-state index contributed by atoms with van der Waals surface area (Å²) >= 11 is 0. The summed E-state index contributed by atoms with van der Waals surface area (Å²) in [6.07, 6.45) is 9.38. The summed E-state index contributed by atoms with van der Waals surface area (Å²) in [5.41, 5.74) is -0.686. The van der Waals surface area contributed by atoms with Crippen LogP contribution >= 0.6 is 0 Å². The van der Waals surface area contributed by atoms with Gasteiger partial charge >= 0.3 is 5.97 Å². The first-order valence-corrected chi connectivity index (χ1v) is 4.52. The minimum Gasteiger partial charge on any atom is -0.477 e. The molecule has 78 valence electrons. The van der Waals surface area contributed by atoms with Gasteiger partial charge in [0.1, 0.15) is 5.56 Å². The molecule has 0 saturated heterocycles. The summed E-state index contributed by atoms with van der Waals surface area (Å²) in [6, 6.07) is 1.25. The highest BCUT2D eigenvalue weighted by molar-refractivity contribution is 5.86. The maximum Gasteiger partial charge on any atom is 0.341 e. The van der Waals surface area contributed by atoms with Gasteiger partial charge in [-0.3, -0.25) is 4.79 Å². The van der Waals surface area contributed by atoms with E-state index in [1.54, 1.807) is 10.8 Å². The van der Waals surface area contributed by atoms with Crippen LogP contribution in [-0.4, -0.2) is 15.6 Å². The van der Waals surface area contributed by atoms with Gasteiger partial charge in [0.05, 0.1) is 0 Å². The van der Waals surface area contributed by atoms with Crippen LogP contribution in [0.3, 0.4) is 0 Å². The summed E-state index contributed by atoms with van der Waals surface area (Å²) in [4.78, 5) is 21.8. The van der Waals surface area contributed by atoms with Crippen LogP contribution in [0.5, 0.6) is 0 Å². The lowest BCUT2D eigenvalue weighted by Crippen LogP contribution is -2.16. The molecule has 1 heterocycles. The second kappa shape index (κ2) is 5.01. The second-order valence-corrected chi connectivity index (χ2v) is 3.07. The summed E-state index contributed by atoms with van der Waals surface area (Å²) in [6.45, 7) is 0.616. The minimum absolute atomic E-state index is 0.210. The van der Waals surface area contributed by atoms with Gasteiger partial charge in [0.15, 0.2) is 5.43 Å². The van der Waals surface area contributed by atoms with E-state index in [1.807, 2.05) is 0 Å². The number of hydrogen-bond acceptors (Lipinski definition) is 2. The molecule has 4 nitrogen and oxygen atoms in total. The van der Waals surface area contributed by atoms with E-state index < -0.39 is 11.4 Å². The summed E-state index contributed by atoms with van der Waals surface area (Å²) in [7, 11) is 0. The molecular weight excluding hydrogens is 194 g/mol. The molecule has 0 saturated carbocycles. The van der Waals surface area contributed by atoms with Gasteiger partial charge in [-0.15, -0.1) is 12.3 Å². The Morgan fingerprint density at radius 3 is 2.93 bits per heavy atom. The van der Waals surface area contributed by atoms with Crippen LogP contribution in [0.2, 0.25) is 0 Å². The molecule has 1 N–H and O–H groups in total. The van der Waals surface area contributed by atoms with Crippen LogP contribution in [0.1, 0.15) is 23.2 Å². The van der Waals surface area contributed by atoms with Crippen molar-refractivity contribution < 1.29 is 9.90 Å². The third kappa shape index (κ3) is 2.99. The van der Waals surface area contributed by atoms with E-state index in [1.165, 1.54) is 12.3 Å². The first kappa shape index (κ1) is 11.1. The van der Waals surface area contributed by atoms with Gasteiger partial charge in [-0.25, -0.2) is 4.79 Å². The minimum atomic E-state index is -1.20. The zero-order valence-corrected chi connectivity index (χ0v) is 8.14. The lowest BCUT2D eigenvalue weighted by atomic mass is 10.2. The monoisotopic (exact) mass is 205 g/mol. The molecule has 0 aliphatic rings. The number of nitrogens with zero attached hydrogens (tertiary/aromatic N) is 1. The van der Waals surface area contributed by atoms with Crippen molar-refractivity contribution >= 4 is 5.97 Å². The maximum atomic E-state index is 11.1. The maximum absolute atomic E-state index is 11.1. The Labute approximate surface area is 87.2 Å². The summed E-state index contributed by atoms with van der Waals surface area (Å²) < 4.78 is 1.65. The highest BCUT2D eigenvalue weighted by Gasteiger charge is 2.07. The van der Waals surface area contributed by atoms with Crippen molar-refractivity contribution in [3.8, 4) is 12.3 Å². The van der Waals surface area contributed by atoms with Crippen LogP contribution in [0.15, 0.2) is 23.3 Å². The number of carboxylic acids is 1. The third-order valence-electron chi connectivity index (χ3n) is 1.95. The highest BCUT2D eigenvalue weighted by atomic mass is 16.4. The van der Waals surface area contributed by atoms with Crippen LogP contribution in [-0.2, 0) is 6.54 Å². The van der Waals surface area contributed by atoms with Crippen molar-refractivity contribution in [1.29, 1.82) is 0 Å². The predicted molar refractivity (Wildman–Crippen MR) is 55.7 cm³/mol. The molecule has 0 radical (unpaired) electrons. The first-order valence-electron chi connectivity index (χ1n) is 4.52. The van der Waals surface area contributed by atoms with Gasteiger partial charge < -0.3 is 9.67 Å². The fourth-order valence-corrected chi connectivity index (χ4v) is 1.19. The average molecular weight is 205 g/mol. The molecule has 1 aromatic rings. The number of pyridine rings is 1. The van der Waals surface area contributed by atoms with Crippen LogP contribution < -0.4 is 5.43 Å². The fraction of sp³-hybridized carbons (Fsp3) is 0.273. The van der Waals surface area contributed by atoms with Crippen molar-refractivity contribution in [1.82, 2.24) is 4.57 Å².